The maximum Gasteiger partial charge on any atom is 0.261 e. The standard InChI is InChI=1S/C14H17N3O3/c1-3-15-7-6-12(18)16-9-4-5-10-11(8-9)14(20)17(2)13(10)19/h4-5,8,15H,3,6-7H2,1-2H3,(H,16,18). The van der Waals surface area contributed by atoms with Gasteiger partial charge in [0.2, 0.25) is 5.91 Å². The molecule has 0 aliphatic carbocycles. The summed E-state index contributed by atoms with van der Waals surface area (Å²) in [6, 6.07) is 4.75. The van der Waals surface area contributed by atoms with Crippen molar-refractivity contribution < 1.29 is 14.4 Å². The summed E-state index contributed by atoms with van der Waals surface area (Å²) in [5, 5.41) is 5.78. The van der Waals surface area contributed by atoms with E-state index in [1.54, 1.807) is 18.2 Å². The van der Waals surface area contributed by atoms with Crippen LogP contribution in [0.15, 0.2) is 18.2 Å². The summed E-state index contributed by atoms with van der Waals surface area (Å²) in [6.07, 6.45) is 0.359. The number of imide groups is 1. The van der Waals surface area contributed by atoms with E-state index in [-0.39, 0.29) is 17.7 Å². The normalized spacial score (nSPS) is 13.6. The van der Waals surface area contributed by atoms with Crippen molar-refractivity contribution in [2.75, 3.05) is 25.5 Å². The van der Waals surface area contributed by atoms with E-state index >= 15 is 0 Å². The average Bonchev–Trinajstić information content (AvgIpc) is 2.64. The molecular weight excluding hydrogens is 258 g/mol. The van der Waals surface area contributed by atoms with E-state index in [0.717, 1.165) is 11.4 Å². The van der Waals surface area contributed by atoms with Gasteiger partial charge in [-0.2, -0.15) is 0 Å². The van der Waals surface area contributed by atoms with Crippen LogP contribution in [0, 0.1) is 0 Å². The molecule has 0 saturated heterocycles. The highest BCUT2D eigenvalue weighted by molar-refractivity contribution is 6.21. The zero-order chi connectivity index (χ0) is 14.7. The van der Waals surface area contributed by atoms with Gasteiger partial charge in [0.15, 0.2) is 0 Å². The van der Waals surface area contributed by atoms with Gasteiger partial charge in [0, 0.05) is 25.7 Å². The van der Waals surface area contributed by atoms with Crippen molar-refractivity contribution >= 4 is 23.4 Å². The molecule has 106 valence electrons. The lowest BCUT2D eigenvalue weighted by molar-refractivity contribution is -0.116. The Morgan fingerprint density at radius 1 is 1.20 bits per heavy atom. The summed E-state index contributed by atoms with van der Waals surface area (Å²) in [4.78, 5) is 36.3. The van der Waals surface area contributed by atoms with Gasteiger partial charge in [-0.05, 0) is 24.7 Å². The zero-order valence-corrected chi connectivity index (χ0v) is 11.5. The lowest BCUT2D eigenvalue weighted by Gasteiger charge is -2.06. The third kappa shape index (κ3) is 2.70. The quantitative estimate of drug-likeness (QED) is 0.617. The number of nitrogens with zero attached hydrogens (tertiary/aromatic N) is 1. The van der Waals surface area contributed by atoms with Crippen molar-refractivity contribution in [3.63, 3.8) is 0 Å². The second kappa shape index (κ2) is 5.83. The van der Waals surface area contributed by atoms with Gasteiger partial charge in [-0.1, -0.05) is 6.92 Å². The highest BCUT2D eigenvalue weighted by Gasteiger charge is 2.32. The fraction of sp³-hybridized carbons (Fsp3) is 0.357. The van der Waals surface area contributed by atoms with E-state index in [1.165, 1.54) is 7.05 Å². The van der Waals surface area contributed by atoms with Crippen LogP contribution in [0.5, 0.6) is 0 Å². The van der Waals surface area contributed by atoms with E-state index < -0.39 is 0 Å². The molecule has 2 rings (SSSR count). The first-order chi connectivity index (χ1) is 9.54. The Kier molecular flexibility index (Phi) is 4.14. The van der Waals surface area contributed by atoms with Crippen LogP contribution in [0.4, 0.5) is 5.69 Å². The lowest BCUT2D eigenvalue weighted by atomic mass is 10.1. The van der Waals surface area contributed by atoms with Crippen LogP contribution in [0.2, 0.25) is 0 Å². The van der Waals surface area contributed by atoms with Crippen molar-refractivity contribution in [3.8, 4) is 0 Å². The number of carbonyl (C=O) groups is 3. The summed E-state index contributed by atoms with van der Waals surface area (Å²) < 4.78 is 0. The zero-order valence-electron chi connectivity index (χ0n) is 11.5. The Bertz CT molecular complexity index is 569. The SMILES string of the molecule is CCNCCC(=O)Nc1ccc2c(c1)C(=O)N(C)C2=O. The third-order valence-corrected chi connectivity index (χ3v) is 3.15. The molecule has 20 heavy (non-hydrogen) atoms. The van der Waals surface area contributed by atoms with Crippen molar-refractivity contribution in [2.24, 2.45) is 0 Å². The van der Waals surface area contributed by atoms with E-state index in [0.29, 0.717) is 29.8 Å². The van der Waals surface area contributed by atoms with E-state index in [9.17, 15) is 14.4 Å². The molecule has 1 aromatic carbocycles. The van der Waals surface area contributed by atoms with Crippen LogP contribution in [-0.4, -0.2) is 42.8 Å². The van der Waals surface area contributed by atoms with E-state index in [4.69, 9.17) is 0 Å². The molecule has 0 unspecified atom stereocenters. The summed E-state index contributed by atoms with van der Waals surface area (Å²) in [5.74, 6) is -0.778. The molecule has 1 aliphatic heterocycles. The van der Waals surface area contributed by atoms with E-state index in [1.807, 2.05) is 6.92 Å². The number of nitrogens with one attached hydrogen (secondary N) is 2. The smallest absolute Gasteiger partial charge is 0.261 e. The molecule has 6 nitrogen and oxygen atoms in total. The molecule has 0 fully saturated rings. The molecule has 0 saturated carbocycles. The number of amides is 3. The summed E-state index contributed by atoms with van der Waals surface area (Å²) in [7, 11) is 1.44. The average molecular weight is 275 g/mol. The van der Waals surface area contributed by atoms with Crippen molar-refractivity contribution in [2.45, 2.75) is 13.3 Å². The van der Waals surface area contributed by atoms with Crippen molar-refractivity contribution in [1.82, 2.24) is 10.2 Å². The van der Waals surface area contributed by atoms with Crippen molar-refractivity contribution in [1.29, 1.82) is 0 Å². The van der Waals surface area contributed by atoms with Gasteiger partial charge in [-0.3, -0.25) is 19.3 Å². The molecule has 0 aromatic heterocycles. The monoisotopic (exact) mass is 275 g/mol. The fourth-order valence-corrected chi connectivity index (χ4v) is 2.04. The molecule has 0 bridgehead atoms. The highest BCUT2D eigenvalue weighted by Crippen LogP contribution is 2.24. The maximum absolute atomic E-state index is 11.8. The molecule has 1 aliphatic rings. The van der Waals surface area contributed by atoms with Gasteiger partial charge in [0.1, 0.15) is 0 Å². The Balaban J connectivity index is 2.07. The predicted molar refractivity (Wildman–Crippen MR) is 74.7 cm³/mol. The molecule has 0 spiro atoms. The van der Waals surface area contributed by atoms with Crippen molar-refractivity contribution in [3.05, 3.63) is 29.3 Å². The van der Waals surface area contributed by atoms with Crippen LogP contribution >= 0.6 is 0 Å². The minimum atomic E-state index is -0.339. The topological polar surface area (TPSA) is 78.5 Å². The second-order valence-corrected chi connectivity index (χ2v) is 4.58. The molecule has 0 radical (unpaired) electrons. The first-order valence-corrected chi connectivity index (χ1v) is 6.51. The second-order valence-electron chi connectivity index (χ2n) is 4.58. The van der Waals surface area contributed by atoms with Gasteiger partial charge in [-0.15, -0.1) is 0 Å². The van der Waals surface area contributed by atoms with Gasteiger partial charge in [0.05, 0.1) is 11.1 Å². The number of fused-ring (bicyclic) bond motifs is 1. The first kappa shape index (κ1) is 14.2. The molecule has 2 N–H and O–H groups in total. The first-order valence-electron chi connectivity index (χ1n) is 6.51. The van der Waals surface area contributed by atoms with E-state index in [2.05, 4.69) is 10.6 Å². The minimum absolute atomic E-state index is 0.129. The Morgan fingerprint density at radius 3 is 2.60 bits per heavy atom. The number of benzene rings is 1. The molecule has 3 amide bonds. The number of hydrogen-bond acceptors (Lipinski definition) is 4. The number of hydrogen-bond donors (Lipinski definition) is 2. The molecule has 6 heteroatoms. The number of anilines is 1. The summed E-state index contributed by atoms with van der Waals surface area (Å²) in [6.45, 7) is 3.39. The Labute approximate surface area is 117 Å². The van der Waals surface area contributed by atoms with Gasteiger partial charge < -0.3 is 10.6 Å². The van der Waals surface area contributed by atoms with Crippen LogP contribution < -0.4 is 10.6 Å². The van der Waals surface area contributed by atoms with Crippen LogP contribution in [0.1, 0.15) is 34.1 Å². The summed E-state index contributed by atoms with van der Waals surface area (Å²) in [5.41, 5.74) is 1.24. The van der Waals surface area contributed by atoms with Gasteiger partial charge >= 0.3 is 0 Å². The Morgan fingerprint density at radius 2 is 1.90 bits per heavy atom. The number of rotatable bonds is 5. The van der Waals surface area contributed by atoms with Gasteiger partial charge in [-0.25, -0.2) is 0 Å². The minimum Gasteiger partial charge on any atom is -0.326 e. The third-order valence-electron chi connectivity index (χ3n) is 3.15. The maximum atomic E-state index is 11.8. The molecule has 1 aromatic rings. The van der Waals surface area contributed by atoms with Crippen LogP contribution in [-0.2, 0) is 4.79 Å². The molecular formula is C14H17N3O3. The van der Waals surface area contributed by atoms with Crippen LogP contribution in [0.25, 0.3) is 0 Å². The van der Waals surface area contributed by atoms with Crippen LogP contribution in [0.3, 0.4) is 0 Å². The van der Waals surface area contributed by atoms with Gasteiger partial charge in [0.25, 0.3) is 11.8 Å². The number of carbonyl (C=O) groups excluding carboxylic acids is 3. The largest absolute Gasteiger partial charge is 0.326 e. The molecule has 1 heterocycles. The predicted octanol–water partition coefficient (Wildman–Crippen LogP) is 0.850. The lowest BCUT2D eigenvalue weighted by Crippen LogP contribution is -2.24. The summed E-state index contributed by atoms with van der Waals surface area (Å²) >= 11 is 0. The fourth-order valence-electron chi connectivity index (χ4n) is 2.04. The molecule has 0 atom stereocenters. The highest BCUT2D eigenvalue weighted by atomic mass is 16.2. The Hall–Kier alpha value is -2.21.